The van der Waals surface area contributed by atoms with Crippen molar-refractivity contribution >= 4 is 11.8 Å². The summed E-state index contributed by atoms with van der Waals surface area (Å²) in [6.45, 7) is 4.34. The van der Waals surface area contributed by atoms with E-state index >= 15 is 0 Å². The van der Waals surface area contributed by atoms with Crippen molar-refractivity contribution in [3.8, 4) is 0 Å². The molecule has 0 radical (unpaired) electrons. The number of nitrogens with one attached hydrogen (secondary N) is 1. The molecular formula is C17H21NS. The van der Waals surface area contributed by atoms with Gasteiger partial charge in [0, 0.05) is 16.7 Å². The van der Waals surface area contributed by atoms with Gasteiger partial charge in [0.15, 0.2) is 0 Å². The number of hydrogen-bond acceptors (Lipinski definition) is 2. The van der Waals surface area contributed by atoms with Gasteiger partial charge in [0.1, 0.15) is 0 Å². The predicted molar refractivity (Wildman–Crippen MR) is 84.7 cm³/mol. The molecule has 2 aromatic carbocycles. The average molecular weight is 271 g/mol. The maximum Gasteiger partial charge on any atom is 0.0300 e. The third kappa shape index (κ3) is 3.85. The normalized spacial score (nSPS) is 12.4. The molecule has 0 aliphatic carbocycles. The summed E-state index contributed by atoms with van der Waals surface area (Å²) in [6, 6.07) is 17.8. The van der Waals surface area contributed by atoms with Crippen molar-refractivity contribution < 1.29 is 0 Å². The molecule has 0 aliphatic rings. The largest absolute Gasteiger partial charge is 0.313 e. The third-order valence-corrected chi connectivity index (χ3v) is 4.46. The number of aryl methyl sites for hydroxylation is 1. The van der Waals surface area contributed by atoms with Gasteiger partial charge in [0.25, 0.3) is 0 Å². The van der Waals surface area contributed by atoms with Gasteiger partial charge in [0.05, 0.1) is 0 Å². The molecule has 0 saturated heterocycles. The van der Waals surface area contributed by atoms with Gasteiger partial charge in [-0.15, -0.1) is 11.8 Å². The van der Waals surface area contributed by atoms with Crippen molar-refractivity contribution in [2.24, 2.45) is 0 Å². The first-order valence-electron chi connectivity index (χ1n) is 6.65. The highest BCUT2D eigenvalue weighted by Gasteiger charge is 2.08. The van der Waals surface area contributed by atoms with E-state index in [0.29, 0.717) is 6.04 Å². The lowest BCUT2D eigenvalue weighted by Gasteiger charge is -2.15. The summed E-state index contributed by atoms with van der Waals surface area (Å²) < 4.78 is 0. The quantitative estimate of drug-likeness (QED) is 0.800. The molecule has 0 heterocycles. The van der Waals surface area contributed by atoms with Gasteiger partial charge in [-0.25, -0.2) is 0 Å². The van der Waals surface area contributed by atoms with Crippen LogP contribution in [0.2, 0.25) is 0 Å². The summed E-state index contributed by atoms with van der Waals surface area (Å²) in [4.78, 5) is 1.37. The van der Waals surface area contributed by atoms with Crippen LogP contribution in [0.1, 0.15) is 29.7 Å². The van der Waals surface area contributed by atoms with Crippen LogP contribution in [0.15, 0.2) is 53.4 Å². The topological polar surface area (TPSA) is 12.0 Å². The number of rotatable bonds is 5. The SMILES string of the molecule is CNC(C)c1ccccc1SCc1cccc(C)c1. The van der Waals surface area contributed by atoms with Crippen molar-refractivity contribution in [3.05, 3.63) is 65.2 Å². The van der Waals surface area contributed by atoms with Crippen LogP contribution >= 0.6 is 11.8 Å². The third-order valence-electron chi connectivity index (χ3n) is 3.30. The molecule has 0 aromatic heterocycles. The molecular weight excluding hydrogens is 250 g/mol. The lowest BCUT2D eigenvalue weighted by atomic mass is 10.1. The second-order valence-electron chi connectivity index (χ2n) is 4.83. The van der Waals surface area contributed by atoms with Crippen molar-refractivity contribution in [1.29, 1.82) is 0 Å². The molecule has 2 heteroatoms. The van der Waals surface area contributed by atoms with Crippen molar-refractivity contribution in [2.75, 3.05) is 7.05 Å². The van der Waals surface area contributed by atoms with Crippen LogP contribution in [0.4, 0.5) is 0 Å². The zero-order chi connectivity index (χ0) is 13.7. The zero-order valence-electron chi connectivity index (χ0n) is 11.8. The monoisotopic (exact) mass is 271 g/mol. The highest BCUT2D eigenvalue weighted by molar-refractivity contribution is 7.98. The molecule has 1 nitrogen and oxygen atoms in total. The molecule has 0 spiro atoms. The minimum absolute atomic E-state index is 0.390. The van der Waals surface area contributed by atoms with Gasteiger partial charge >= 0.3 is 0 Å². The van der Waals surface area contributed by atoms with Crippen LogP contribution in [0.5, 0.6) is 0 Å². The van der Waals surface area contributed by atoms with Crippen LogP contribution in [-0.2, 0) is 5.75 Å². The number of thioether (sulfide) groups is 1. The lowest BCUT2D eigenvalue weighted by Crippen LogP contribution is -2.13. The standard InChI is InChI=1S/C17H21NS/c1-13-7-6-8-15(11-13)12-19-17-10-5-4-9-16(17)14(2)18-3/h4-11,14,18H,12H2,1-3H3. The Balaban J connectivity index is 2.11. The lowest BCUT2D eigenvalue weighted by molar-refractivity contribution is 0.641. The molecule has 0 saturated carbocycles. The van der Waals surface area contributed by atoms with Crippen LogP contribution in [0.25, 0.3) is 0 Å². The van der Waals surface area contributed by atoms with E-state index in [-0.39, 0.29) is 0 Å². The minimum atomic E-state index is 0.390. The second kappa shape index (κ2) is 6.78. The zero-order valence-corrected chi connectivity index (χ0v) is 12.6. The van der Waals surface area contributed by atoms with Gasteiger partial charge in [-0.2, -0.15) is 0 Å². The van der Waals surface area contributed by atoms with Crippen LogP contribution in [-0.4, -0.2) is 7.05 Å². The van der Waals surface area contributed by atoms with Crippen molar-refractivity contribution in [3.63, 3.8) is 0 Å². The maximum absolute atomic E-state index is 3.32. The molecule has 0 fully saturated rings. The van der Waals surface area contributed by atoms with Gasteiger partial charge in [-0.05, 0) is 38.1 Å². The second-order valence-corrected chi connectivity index (χ2v) is 5.84. The Labute approximate surface area is 120 Å². The summed E-state index contributed by atoms with van der Waals surface area (Å²) in [5.41, 5.74) is 4.09. The Morgan fingerprint density at radius 3 is 2.63 bits per heavy atom. The molecule has 0 amide bonds. The van der Waals surface area contributed by atoms with E-state index in [1.165, 1.54) is 21.6 Å². The summed E-state index contributed by atoms with van der Waals surface area (Å²) in [6.07, 6.45) is 0. The minimum Gasteiger partial charge on any atom is -0.313 e. The van der Waals surface area contributed by atoms with E-state index in [4.69, 9.17) is 0 Å². The van der Waals surface area contributed by atoms with Gasteiger partial charge in [0.2, 0.25) is 0 Å². The molecule has 100 valence electrons. The molecule has 19 heavy (non-hydrogen) atoms. The Bertz CT molecular complexity index is 536. The summed E-state index contributed by atoms with van der Waals surface area (Å²) in [5.74, 6) is 1.02. The number of benzene rings is 2. The van der Waals surface area contributed by atoms with Crippen LogP contribution in [0, 0.1) is 6.92 Å². The van der Waals surface area contributed by atoms with E-state index in [9.17, 15) is 0 Å². The fraction of sp³-hybridized carbons (Fsp3) is 0.294. The van der Waals surface area contributed by atoms with E-state index < -0.39 is 0 Å². The summed E-state index contributed by atoms with van der Waals surface area (Å²) >= 11 is 1.91. The summed E-state index contributed by atoms with van der Waals surface area (Å²) in [7, 11) is 2.01. The Morgan fingerprint density at radius 2 is 1.89 bits per heavy atom. The Hall–Kier alpha value is -1.25. The van der Waals surface area contributed by atoms with Crippen LogP contribution in [0.3, 0.4) is 0 Å². The molecule has 2 aromatic rings. The summed E-state index contributed by atoms with van der Waals surface area (Å²) in [5, 5.41) is 3.32. The predicted octanol–water partition coefficient (Wildman–Crippen LogP) is 4.57. The van der Waals surface area contributed by atoms with Crippen molar-refractivity contribution in [1.82, 2.24) is 5.32 Å². The van der Waals surface area contributed by atoms with E-state index in [1.807, 2.05) is 18.8 Å². The molecule has 0 bridgehead atoms. The first kappa shape index (κ1) is 14.2. The fourth-order valence-electron chi connectivity index (χ4n) is 2.09. The molecule has 2 rings (SSSR count). The van der Waals surface area contributed by atoms with Gasteiger partial charge in [-0.3, -0.25) is 0 Å². The van der Waals surface area contributed by atoms with Crippen molar-refractivity contribution in [2.45, 2.75) is 30.5 Å². The molecule has 1 atom stereocenters. The number of hydrogen-bond donors (Lipinski definition) is 1. The van der Waals surface area contributed by atoms with E-state index in [1.54, 1.807) is 0 Å². The molecule has 0 aliphatic heterocycles. The first-order valence-corrected chi connectivity index (χ1v) is 7.64. The Kier molecular flexibility index (Phi) is 5.06. The Morgan fingerprint density at radius 1 is 1.11 bits per heavy atom. The molecule has 1 N–H and O–H groups in total. The fourth-order valence-corrected chi connectivity index (χ4v) is 3.18. The highest BCUT2D eigenvalue weighted by Crippen LogP contribution is 2.29. The smallest absolute Gasteiger partial charge is 0.0300 e. The average Bonchev–Trinajstić information content (AvgIpc) is 2.45. The first-order chi connectivity index (χ1) is 9.20. The van der Waals surface area contributed by atoms with E-state index in [2.05, 4.69) is 67.7 Å². The molecule has 1 unspecified atom stereocenters. The highest BCUT2D eigenvalue weighted by atomic mass is 32.2. The van der Waals surface area contributed by atoms with E-state index in [0.717, 1.165) is 5.75 Å². The van der Waals surface area contributed by atoms with Crippen LogP contribution < -0.4 is 5.32 Å². The van der Waals surface area contributed by atoms with Gasteiger partial charge < -0.3 is 5.32 Å². The van der Waals surface area contributed by atoms with Gasteiger partial charge in [-0.1, -0.05) is 48.0 Å². The maximum atomic E-state index is 3.32.